The summed E-state index contributed by atoms with van der Waals surface area (Å²) in [6.45, 7) is 0. The minimum absolute atomic E-state index is 0.735. The third-order valence-corrected chi connectivity index (χ3v) is 2.73. The van der Waals surface area contributed by atoms with Gasteiger partial charge in [-0.2, -0.15) is 0 Å². The van der Waals surface area contributed by atoms with E-state index in [-0.39, 0.29) is 0 Å². The molecule has 1 aromatic rings. The number of carbonyl (C=O) groups excluding carboxylic acids is 1. The predicted octanol–water partition coefficient (Wildman–Crippen LogP) is 3.59. The molecule has 70 valence electrons. The monoisotopic (exact) mass is 304 g/mol. The summed E-state index contributed by atoms with van der Waals surface area (Å²) in [5.41, 5.74) is 1.94. The van der Waals surface area contributed by atoms with E-state index in [4.69, 9.17) is 0 Å². The smallest absolute Gasteiger partial charge is 0.150 e. The molecule has 0 atom stereocenters. The molecule has 0 amide bonds. The van der Waals surface area contributed by atoms with Crippen LogP contribution in [0.5, 0.6) is 0 Å². The number of hydrogen-bond acceptors (Lipinski definition) is 1. The molecule has 0 spiro atoms. The van der Waals surface area contributed by atoms with Gasteiger partial charge in [-0.15, -0.1) is 0 Å². The van der Waals surface area contributed by atoms with E-state index < -0.39 is 0 Å². The topological polar surface area (TPSA) is 17.1 Å². The average Bonchev–Trinajstić information content (AvgIpc) is 2.14. The van der Waals surface area contributed by atoms with Gasteiger partial charge in [-0.25, -0.2) is 0 Å². The molecule has 0 saturated carbocycles. The number of aryl methyl sites for hydroxylation is 1. The Bertz CT molecular complexity index is 297. The number of aldehydes is 1. The zero-order chi connectivity index (χ0) is 9.68. The van der Waals surface area contributed by atoms with Gasteiger partial charge in [0.05, 0.1) is 0 Å². The lowest BCUT2D eigenvalue weighted by Crippen LogP contribution is -1.89. The van der Waals surface area contributed by atoms with E-state index in [1.165, 1.54) is 5.56 Å². The Hall–Kier alpha value is -0.150. The van der Waals surface area contributed by atoms with E-state index in [1.807, 2.05) is 12.1 Å². The standard InChI is InChI=1S/C10H10Br2O/c11-3-1-2-8-4-9(7-13)6-10(12)5-8/h4-7H,1-3H2. The van der Waals surface area contributed by atoms with Crippen LogP contribution >= 0.6 is 31.9 Å². The van der Waals surface area contributed by atoms with Crippen LogP contribution in [0.4, 0.5) is 0 Å². The van der Waals surface area contributed by atoms with Gasteiger partial charge in [-0.05, 0) is 36.6 Å². The zero-order valence-corrected chi connectivity index (χ0v) is 10.3. The van der Waals surface area contributed by atoms with Crippen molar-refractivity contribution in [2.75, 3.05) is 5.33 Å². The van der Waals surface area contributed by atoms with Crippen LogP contribution in [0.2, 0.25) is 0 Å². The maximum atomic E-state index is 10.6. The number of alkyl halides is 1. The van der Waals surface area contributed by atoms with Crippen molar-refractivity contribution in [3.8, 4) is 0 Å². The second-order valence-corrected chi connectivity index (χ2v) is 4.51. The molecule has 0 fully saturated rings. The second-order valence-electron chi connectivity index (χ2n) is 2.80. The Kier molecular flexibility index (Phi) is 4.67. The molecule has 0 aliphatic heterocycles. The van der Waals surface area contributed by atoms with E-state index in [9.17, 15) is 4.79 Å². The first-order valence-corrected chi connectivity index (χ1v) is 5.98. The molecule has 0 saturated heterocycles. The quantitative estimate of drug-likeness (QED) is 0.614. The summed E-state index contributed by atoms with van der Waals surface area (Å²) in [6, 6.07) is 5.81. The van der Waals surface area contributed by atoms with Crippen molar-refractivity contribution in [3.05, 3.63) is 33.8 Å². The largest absolute Gasteiger partial charge is 0.298 e. The number of benzene rings is 1. The van der Waals surface area contributed by atoms with Crippen LogP contribution < -0.4 is 0 Å². The predicted molar refractivity (Wildman–Crippen MR) is 61.6 cm³/mol. The third kappa shape index (κ3) is 3.61. The van der Waals surface area contributed by atoms with Gasteiger partial charge in [0.15, 0.2) is 0 Å². The van der Waals surface area contributed by atoms with Gasteiger partial charge >= 0.3 is 0 Å². The van der Waals surface area contributed by atoms with Gasteiger partial charge in [0.25, 0.3) is 0 Å². The molecule has 1 aromatic carbocycles. The first-order valence-electron chi connectivity index (χ1n) is 4.07. The molecule has 0 aliphatic carbocycles. The van der Waals surface area contributed by atoms with Crippen molar-refractivity contribution in [1.82, 2.24) is 0 Å². The van der Waals surface area contributed by atoms with Crippen molar-refractivity contribution < 1.29 is 4.79 Å². The molecule has 0 heterocycles. The lowest BCUT2D eigenvalue weighted by Gasteiger charge is -2.01. The second kappa shape index (κ2) is 5.55. The van der Waals surface area contributed by atoms with Crippen molar-refractivity contribution in [2.45, 2.75) is 12.8 Å². The molecular weight excluding hydrogens is 296 g/mol. The number of rotatable bonds is 4. The highest BCUT2D eigenvalue weighted by molar-refractivity contribution is 9.10. The van der Waals surface area contributed by atoms with Crippen LogP contribution in [-0.4, -0.2) is 11.6 Å². The first-order chi connectivity index (χ1) is 6.26. The highest BCUT2D eigenvalue weighted by Gasteiger charge is 1.98. The average molecular weight is 306 g/mol. The lowest BCUT2D eigenvalue weighted by atomic mass is 10.1. The molecular formula is C10H10Br2O. The summed E-state index contributed by atoms with van der Waals surface area (Å²) >= 11 is 6.75. The first kappa shape index (κ1) is 10.9. The van der Waals surface area contributed by atoms with Crippen molar-refractivity contribution in [3.63, 3.8) is 0 Å². The van der Waals surface area contributed by atoms with Crippen molar-refractivity contribution in [1.29, 1.82) is 0 Å². The SMILES string of the molecule is O=Cc1cc(Br)cc(CCCBr)c1. The Labute approximate surface area is 94.8 Å². The fourth-order valence-electron chi connectivity index (χ4n) is 1.16. The Morgan fingerprint density at radius 1 is 1.31 bits per heavy atom. The van der Waals surface area contributed by atoms with Gasteiger partial charge in [-0.3, -0.25) is 4.79 Å². The van der Waals surface area contributed by atoms with E-state index in [0.717, 1.165) is 34.5 Å². The molecule has 0 N–H and O–H groups in total. The molecule has 0 aliphatic rings. The van der Waals surface area contributed by atoms with Crippen molar-refractivity contribution in [2.24, 2.45) is 0 Å². The van der Waals surface area contributed by atoms with Crippen LogP contribution in [0.1, 0.15) is 22.3 Å². The molecule has 0 radical (unpaired) electrons. The fraction of sp³-hybridized carbons (Fsp3) is 0.300. The van der Waals surface area contributed by atoms with Gasteiger partial charge in [0.1, 0.15) is 6.29 Å². The van der Waals surface area contributed by atoms with E-state index in [0.29, 0.717) is 0 Å². The summed E-state index contributed by atoms with van der Waals surface area (Å²) in [5.74, 6) is 0. The maximum Gasteiger partial charge on any atom is 0.150 e. The van der Waals surface area contributed by atoms with Gasteiger partial charge in [-0.1, -0.05) is 31.9 Å². The maximum absolute atomic E-state index is 10.6. The summed E-state index contributed by atoms with van der Waals surface area (Å²) in [7, 11) is 0. The summed E-state index contributed by atoms with van der Waals surface area (Å²) in [4.78, 5) is 10.6. The minimum atomic E-state index is 0.735. The molecule has 1 rings (SSSR count). The molecule has 13 heavy (non-hydrogen) atoms. The normalized spacial score (nSPS) is 10.0. The third-order valence-electron chi connectivity index (χ3n) is 1.72. The number of carbonyl (C=O) groups is 1. The molecule has 1 nitrogen and oxygen atoms in total. The number of halogens is 2. The Morgan fingerprint density at radius 3 is 2.69 bits per heavy atom. The number of hydrogen-bond donors (Lipinski definition) is 0. The highest BCUT2D eigenvalue weighted by Crippen LogP contribution is 2.16. The fourth-order valence-corrected chi connectivity index (χ4v) is 2.00. The van der Waals surface area contributed by atoms with Crippen molar-refractivity contribution >= 4 is 38.1 Å². The van der Waals surface area contributed by atoms with Gasteiger partial charge < -0.3 is 0 Å². The van der Waals surface area contributed by atoms with Crippen LogP contribution in [0.15, 0.2) is 22.7 Å². The zero-order valence-electron chi connectivity index (χ0n) is 7.09. The van der Waals surface area contributed by atoms with Crippen LogP contribution in [-0.2, 0) is 6.42 Å². The van der Waals surface area contributed by atoms with Gasteiger partial charge in [0, 0.05) is 15.4 Å². The summed E-state index contributed by atoms with van der Waals surface area (Å²) < 4.78 is 0.974. The Morgan fingerprint density at radius 2 is 2.08 bits per heavy atom. The Balaban J connectivity index is 2.81. The van der Waals surface area contributed by atoms with Crippen LogP contribution in [0.25, 0.3) is 0 Å². The van der Waals surface area contributed by atoms with Crippen LogP contribution in [0, 0.1) is 0 Å². The van der Waals surface area contributed by atoms with E-state index in [2.05, 4.69) is 37.9 Å². The highest BCUT2D eigenvalue weighted by atomic mass is 79.9. The summed E-state index contributed by atoms with van der Waals surface area (Å²) in [6.07, 6.45) is 2.97. The molecule has 0 bridgehead atoms. The van der Waals surface area contributed by atoms with Gasteiger partial charge in [0.2, 0.25) is 0 Å². The summed E-state index contributed by atoms with van der Waals surface area (Å²) in [5, 5.41) is 0.996. The lowest BCUT2D eigenvalue weighted by molar-refractivity contribution is 0.112. The van der Waals surface area contributed by atoms with E-state index in [1.54, 1.807) is 0 Å². The van der Waals surface area contributed by atoms with E-state index >= 15 is 0 Å². The minimum Gasteiger partial charge on any atom is -0.298 e. The molecule has 0 aromatic heterocycles. The molecule has 3 heteroatoms. The molecule has 0 unspecified atom stereocenters. The van der Waals surface area contributed by atoms with Crippen LogP contribution in [0.3, 0.4) is 0 Å².